The highest BCUT2D eigenvalue weighted by atomic mass is 79.9. The average Bonchev–Trinajstić information content (AvgIpc) is 3.39. The SMILES string of the molecule is Cc1nn(-c2ccccc2)c(C)c1CN1CCC(NS(=O)(=O)c2ccc(Br)s2)C1. The fourth-order valence-corrected chi connectivity index (χ4v) is 7.03. The molecule has 0 spiro atoms. The molecule has 2 aromatic heterocycles. The summed E-state index contributed by atoms with van der Waals surface area (Å²) in [5, 5.41) is 4.72. The van der Waals surface area contributed by atoms with Crippen molar-refractivity contribution in [3.63, 3.8) is 0 Å². The number of aromatic nitrogens is 2. The number of hydrogen-bond donors (Lipinski definition) is 1. The standard InChI is InChI=1S/C20H23BrN4O2S2/c1-14-18(15(2)25(22-14)17-6-4-3-5-7-17)13-24-11-10-16(12-24)23-29(26,27)20-9-8-19(21)28-20/h3-9,16,23H,10-13H2,1-2H3. The predicted octanol–water partition coefficient (Wildman–Crippen LogP) is 3.87. The molecule has 4 rings (SSSR count). The number of nitrogens with zero attached hydrogens (tertiary/aromatic N) is 3. The molecule has 0 aliphatic carbocycles. The molecule has 1 fully saturated rings. The summed E-state index contributed by atoms with van der Waals surface area (Å²) in [6.45, 7) is 6.45. The minimum atomic E-state index is -3.47. The summed E-state index contributed by atoms with van der Waals surface area (Å²) in [4.78, 5) is 2.30. The molecule has 1 saturated heterocycles. The second kappa shape index (κ2) is 8.31. The van der Waals surface area contributed by atoms with Crippen LogP contribution in [0.5, 0.6) is 0 Å². The summed E-state index contributed by atoms with van der Waals surface area (Å²) in [7, 11) is -3.47. The number of halogens is 1. The molecule has 1 unspecified atom stereocenters. The van der Waals surface area contributed by atoms with Gasteiger partial charge in [0, 0.05) is 36.9 Å². The molecule has 3 heterocycles. The Bertz CT molecular complexity index is 1110. The van der Waals surface area contributed by atoms with Gasteiger partial charge >= 0.3 is 0 Å². The lowest BCUT2D eigenvalue weighted by atomic mass is 10.2. The van der Waals surface area contributed by atoms with Crippen LogP contribution in [0.3, 0.4) is 0 Å². The summed E-state index contributed by atoms with van der Waals surface area (Å²) in [5.74, 6) is 0. The van der Waals surface area contributed by atoms with Crippen LogP contribution in [-0.2, 0) is 16.6 Å². The molecule has 1 atom stereocenters. The third-order valence-electron chi connectivity index (χ3n) is 5.23. The number of benzene rings is 1. The van der Waals surface area contributed by atoms with Crippen LogP contribution in [0.25, 0.3) is 5.69 Å². The van der Waals surface area contributed by atoms with Crippen molar-refractivity contribution in [3.05, 3.63) is 63.2 Å². The molecular weight excluding hydrogens is 472 g/mol. The first-order chi connectivity index (χ1) is 13.8. The summed E-state index contributed by atoms with van der Waals surface area (Å²) in [6.07, 6.45) is 0.802. The molecule has 3 aromatic rings. The van der Waals surface area contributed by atoms with Gasteiger partial charge < -0.3 is 0 Å². The lowest BCUT2D eigenvalue weighted by Gasteiger charge is -2.17. The molecule has 1 aliphatic rings. The minimum absolute atomic E-state index is 0.0781. The van der Waals surface area contributed by atoms with Crippen LogP contribution < -0.4 is 4.72 Å². The topological polar surface area (TPSA) is 67.2 Å². The second-order valence-electron chi connectivity index (χ2n) is 7.30. The Hall–Kier alpha value is -1.52. The van der Waals surface area contributed by atoms with Gasteiger partial charge in [-0.3, -0.25) is 4.90 Å². The molecular formula is C20H23BrN4O2S2. The van der Waals surface area contributed by atoms with Gasteiger partial charge in [0.1, 0.15) is 4.21 Å². The van der Waals surface area contributed by atoms with Gasteiger partial charge in [0.05, 0.1) is 15.2 Å². The normalized spacial score (nSPS) is 17.8. The van der Waals surface area contributed by atoms with E-state index in [2.05, 4.69) is 32.5 Å². The molecule has 0 saturated carbocycles. The fourth-order valence-electron chi connectivity index (χ4n) is 3.74. The van der Waals surface area contributed by atoms with Gasteiger partial charge in [-0.05, 0) is 60.5 Å². The van der Waals surface area contributed by atoms with Gasteiger partial charge in [-0.15, -0.1) is 11.3 Å². The third-order valence-corrected chi connectivity index (χ3v) is 8.87. The van der Waals surface area contributed by atoms with Crippen molar-refractivity contribution in [2.24, 2.45) is 0 Å². The molecule has 9 heteroatoms. The van der Waals surface area contributed by atoms with Gasteiger partial charge in [-0.25, -0.2) is 17.8 Å². The van der Waals surface area contributed by atoms with Crippen LogP contribution in [0.2, 0.25) is 0 Å². The first-order valence-electron chi connectivity index (χ1n) is 9.44. The molecule has 1 N–H and O–H groups in total. The van der Waals surface area contributed by atoms with E-state index in [0.29, 0.717) is 10.8 Å². The predicted molar refractivity (Wildman–Crippen MR) is 119 cm³/mol. The number of hydrogen-bond acceptors (Lipinski definition) is 5. The first-order valence-corrected chi connectivity index (χ1v) is 12.5. The van der Waals surface area contributed by atoms with Gasteiger partial charge in [0.15, 0.2) is 0 Å². The van der Waals surface area contributed by atoms with Crippen molar-refractivity contribution in [2.45, 2.75) is 37.1 Å². The van der Waals surface area contributed by atoms with Crippen molar-refractivity contribution in [1.29, 1.82) is 0 Å². The smallest absolute Gasteiger partial charge is 0.250 e. The maximum Gasteiger partial charge on any atom is 0.250 e. The zero-order valence-corrected chi connectivity index (χ0v) is 19.5. The summed E-state index contributed by atoms with van der Waals surface area (Å²) in [5.41, 5.74) is 4.40. The molecule has 29 heavy (non-hydrogen) atoms. The third kappa shape index (κ3) is 4.49. The Morgan fingerprint density at radius 2 is 1.97 bits per heavy atom. The summed E-state index contributed by atoms with van der Waals surface area (Å²) >= 11 is 4.55. The Balaban J connectivity index is 1.44. The number of thiophene rings is 1. The van der Waals surface area contributed by atoms with Crippen LogP contribution in [0.15, 0.2) is 50.5 Å². The van der Waals surface area contributed by atoms with E-state index in [1.165, 1.54) is 16.9 Å². The van der Waals surface area contributed by atoms with Crippen LogP contribution in [0.4, 0.5) is 0 Å². The molecule has 1 aromatic carbocycles. The number of para-hydroxylation sites is 1. The molecule has 1 aliphatic heterocycles. The van der Waals surface area contributed by atoms with Crippen molar-refractivity contribution in [3.8, 4) is 5.69 Å². The maximum atomic E-state index is 12.6. The van der Waals surface area contributed by atoms with Crippen LogP contribution in [0.1, 0.15) is 23.4 Å². The molecule has 0 radical (unpaired) electrons. The van der Waals surface area contributed by atoms with E-state index < -0.39 is 10.0 Å². The van der Waals surface area contributed by atoms with Crippen LogP contribution in [0, 0.1) is 13.8 Å². The molecule has 6 nitrogen and oxygen atoms in total. The minimum Gasteiger partial charge on any atom is -0.297 e. The number of rotatable bonds is 6. The monoisotopic (exact) mass is 494 g/mol. The molecule has 0 amide bonds. The Kier molecular flexibility index (Phi) is 5.94. The van der Waals surface area contributed by atoms with Crippen molar-refractivity contribution >= 4 is 37.3 Å². The number of likely N-dealkylation sites (tertiary alicyclic amines) is 1. The lowest BCUT2D eigenvalue weighted by Crippen LogP contribution is -2.36. The highest BCUT2D eigenvalue weighted by molar-refractivity contribution is 9.11. The average molecular weight is 495 g/mol. The fraction of sp³-hybridized carbons (Fsp3) is 0.350. The first kappa shape index (κ1) is 20.7. The highest BCUT2D eigenvalue weighted by Crippen LogP contribution is 2.27. The molecule has 0 bridgehead atoms. The van der Waals surface area contributed by atoms with Gasteiger partial charge in [-0.2, -0.15) is 5.10 Å². The van der Waals surface area contributed by atoms with Gasteiger partial charge in [-0.1, -0.05) is 18.2 Å². The van der Waals surface area contributed by atoms with E-state index in [0.717, 1.165) is 40.4 Å². The largest absolute Gasteiger partial charge is 0.297 e. The maximum absolute atomic E-state index is 12.6. The van der Waals surface area contributed by atoms with Crippen LogP contribution >= 0.6 is 27.3 Å². The van der Waals surface area contributed by atoms with E-state index in [1.807, 2.05) is 41.9 Å². The molecule has 154 valence electrons. The van der Waals surface area contributed by atoms with Crippen LogP contribution in [-0.4, -0.2) is 42.2 Å². The lowest BCUT2D eigenvalue weighted by molar-refractivity contribution is 0.323. The van der Waals surface area contributed by atoms with Crippen molar-refractivity contribution < 1.29 is 8.42 Å². The van der Waals surface area contributed by atoms with E-state index in [-0.39, 0.29) is 6.04 Å². The van der Waals surface area contributed by atoms with E-state index in [1.54, 1.807) is 12.1 Å². The highest BCUT2D eigenvalue weighted by Gasteiger charge is 2.29. The number of aryl methyl sites for hydroxylation is 1. The Morgan fingerprint density at radius 1 is 1.21 bits per heavy atom. The van der Waals surface area contributed by atoms with Gasteiger partial charge in [0.25, 0.3) is 0 Å². The number of nitrogens with one attached hydrogen (secondary N) is 1. The second-order valence-corrected chi connectivity index (χ2v) is 11.7. The quantitative estimate of drug-likeness (QED) is 0.564. The Labute approximate surface area is 183 Å². The van der Waals surface area contributed by atoms with E-state index in [4.69, 9.17) is 5.10 Å². The van der Waals surface area contributed by atoms with Gasteiger partial charge in [0.2, 0.25) is 10.0 Å². The summed E-state index contributed by atoms with van der Waals surface area (Å²) < 4.78 is 31.2. The van der Waals surface area contributed by atoms with Crippen molar-refractivity contribution in [2.75, 3.05) is 13.1 Å². The summed E-state index contributed by atoms with van der Waals surface area (Å²) in [6, 6.07) is 13.4. The zero-order chi connectivity index (χ0) is 20.6. The zero-order valence-electron chi connectivity index (χ0n) is 16.3. The van der Waals surface area contributed by atoms with E-state index >= 15 is 0 Å². The number of sulfonamides is 1. The van der Waals surface area contributed by atoms with Crippen molar-refractivity contribution in [1.82, 2.24) is 19.4 Å². The Morgan fingerprint density at radius 3 is 2.66 bits per heavy atom. The van der Waals surface area contributed by atoms with E-state index in [9.17, 15) is 8.42 Å².